The Morgan fingerprint density at radius 1 is 0.933 bits per heavy atom. The molecule has 1 aliphatic carbocycles. The SMILES string of the molecule is NC(=O)C1(S(=O)(=O)c2ccc(Oc3ccc(Cl)cc3)cc2)CCC2(CCNCC2)C1. The molecule has 30 heavy (non-hydrogen) atoms. The Kier molecular flexibility index (Phi) is 5.55. The molecule has 2 aromatic carbocycles. The normalized spacial score (nSPS) is 23.4. The van der Waals surface area contributed by atoms with Crippen molar-refractivity contribution in [3.05, 3.63) is 53.6 Å². The predicted octanol–water partition coefficient (Wildman–Crippen LogP) is 3.68. The lowest BCUT2D eigenvalue weighted by atomic mass is 9.77. The third-order valence-electron chi connectivity index (χ3n) is 6.53. The highest BCUT2D eigenvalue weighted by molar-refractivity contribution is 7.93. The van der Waals surface area contributed by atoms with Crippen molar-refractivity contribution < 1.29 is 17.9 Å². The largest absolute Gasteiger partial charge is 0.457 e. The Morgan fingerprint density at radius 3 is 2.07 bits per heavy atom. The number of sulfone groups is 1. The minimum atomic E-state index is -3.94. The van der Waals surface area contributed by atoms with Gasteiger partial charge in [0.15, 0.2) is 14.6 Å². The summed E-state index contributed by atoms with van der Waals surface area (Å²) in [7, 11) is -3.94. The number of hydrogen-bond donors (Lipinski definition) is 2. The first-order valence-electron chi connectivity index (χ1n) is 10.1. The average molecular weight is 449 g/mol. The summed E-state index contributed by atoms with van der Waals surface area (Å²) in [6, 6.07) is 13.0. The van der Waals surface area contributed by atoms with Crippen molar-refractivity contribution in [2.24, 2.45) is 11.1 Å². The topological polar surface area (TPSA) is 98.5 Å². The summed E-state index contributed by atoms with van der Waals surface area (Å²) in [5.74, 6) is 0.331. The van der Waals surface area contributed by atoms with Crippen molar-refractivity contribution in [1.82, 2.24) is 5.32 Å². The highest BCUT2D eigenvalue weighted by Gasteiger charge is 2.59. The molecule has 1 atom stereocenters. The number of carbonyl (C=O) groups excluding carboxylic acids is 1. The number of carbonyl (C=O) groups is 1. The zero-order valence-electron chi connectivity index (χ0n) is 16.6. The van der Waals surface area contributed by atoms with Crippen LogP contribution in [0.15, 0.2) is 53.4 Å². The molecule has 0 aromatic heterocycles. The number of nitrogens with one attached hydrogen (secondary N) is 1. The van der Waals surface area contributed by atoms with E-state index < -0.39 is 20.5 Å². The van der Waals surface area contributed by atoms with Crippen LogP contribution < -0.4 is 15.8 Å². The van der Waals surface area contributed by atoms with Crippen molar-refractivity contribution >= 4 is 27.3 Å². The third kappa shape index (κ3) is 3.70. The van der Waals surface area contributed by atoms with Gasteiger partial charge < -0.3 is 15.8 Å². The van der Waals surface area contributed by atoms with E-state index in [9.17, 15) is 13.2 Å². The molecule has 1 aliphatic heterocycles. The minimum absolute atomic E-state index is 0.0933. The number of ether oxygens (including phenoxy) is 1. The molecule has 0 bridgehead atoms. The Balaban J connectivity index is 1.60. The van der Waals surface area contributed by atoms with Gasteiger partial charge >= 0.3 is 0 Å². The number of nitrogens with two attached hydrogens (primary N) is 1. The van der Waals surface area contributed by atoms with Gasteiger partial charge in [0.1, 0.15) is 11.5 Å². The van der Waals surface area contributed by atoms with Crippen LogP contribution in [0.5, 0.6) is 11.5 Å². The van der Waals surface area contributed by atoms with Gasteiger partial charge in [-0.3, -0.25) is 4.79 Å². The summed E-state index contributed by atoms with van der Waals surface area (Å²) in [6.45, 7) is 1.68. The molecule has 1 unspecified atom stereocenters. The smallest absolute Gasteiger partial charge is 0.239 e. The summed E-state index contributed by atoms with van der Waals surface area (Å²) in [5, 5.41) is 3.91. The van der Waals surface area contributed by atoms with Gasteiger partial charge in [-0.05, 0) is 99.1 Å². The highest BCUT2D eigenvalue weighted by atomic mass is 35.5. The molecule has 2 aromatic rings. The molecule has 3 N–H and O–H groups in total. The van der Waals surface area contributed by atoms with E-state index in [4.69, 9.17) is 22.1 Å². The van der Waals surface area contributed by atoms with E-state index in [1.54, 1.807) is 36.4 Å². The molecule has 1 amide bonds. The predicted molar refractivity (Wildman–Crippen MR) is 115 cm³/mol. The summed E-state index contributed by atoms with van der Waals surface area (Å²) in [4.78, 5) is 12.6. The van der Waals surface area contributed by atoms with Gasteiger partial charge in [-0.15, -0.1) is 0 Å². The average Bonchev–Trinajstić information content (AvgIpc) is 3.11. The summed E-state index contributed by atoms with van der Waals surface area (Å²) in [5.41, 5.74) is 5.59. The summed E-state index contributed by atoms with van der Waals surface area (Å²) in [6.07, 6.45) is 3.00. The first-order valence-corrected chi connectivity index (χ1v) is 11.9. The second-order valence-electron chi connectivity index (χ2n) is 8.32. The van der Waals surface area contributed by atoms with Gasteiger partial charge in [-0.1, -0.05) is 11.6 Å². The van der Waals surface area contributed by atoms with Crippen LogP contribution in [0, 0.1) is 5.41 Å². The van der Waals surface area contributed by atoms with Crippen LogP contribution in [0.2, 0.25) is 5.02 Å². The van der Waals surface area contributed by atoms with Crippen LogP contribution in [0.3, 0.4) is 0 Å². The molecule has 0 radical (unpaired) electrons. The maximum atomic E-state index is 13.6. The standard InChI is InChI=1S/C22H25ClN2O4S/c23-16-1-3-17(4-2-16)29-18-5-7-19(8-6-18)30(27,28)22(20(24)26)10-9-21(15-22)11-13-25-14-12-21/h1-8,25H,9-15H2,(H2,24,26). The number of primary amides is 1. The Bertz CT molecular complexity index is 1030. The van der Waals surface area contributed by atoms with Crippen molar-refractivity contribution in [2.75, 3.05) is 13.1 Å². The van der Waals surface area contributed by atoms with E-state index in [-0.39, 0.29) is 16.7 Å². The third-order valence-corrected chi connectivity index (χ3v) is 9.25. The van der Waals surface area contributed by atoms with Crippen molar-refractivity contribution in [1.29, 1.82) is 0 Å². The first kappa shape index (κ1) is 21.2. The lowest BCUT2D eigenvalue weighted by molar-refractivity contribution is -0.120. The van der Waals surface area contributed by atoms with Crippen LogP contribution in [0.25, 0.3) is 0 Å². The lowest BCUT2D eigenvalue weighted by Gasteiger charge is -2.35. The van der Waals surface area contributed by atoms with E-state index in [1.165, 1.54) is 12.1 Å². The van der Waals surface area contributed by atoms with Gasteiger partial charge in [-0.2, -0.15) is 0 Å². The molecule has 8 heteroatoms. The fourth-order valence-corrected chi connectivity index (χ4v) is 6.96. The fourth-order valence-electron chi connectivity index (χ4n) is 4.76. The maximum absolute atomic E-state index is 13.6. The molecular weight excluding hydrogens is 424 g/mol. The van der Waals surface area contributed by atoms with E-state index in [2.05, 4.69) is 5.32 Å². The molecule has 160 valence electrons. The first-order chi connectivity index (χ1) is 14.3. The zero-order valence-corrected chi connectivity index (χ0v) is 18.1. The highest BCUT2D eigenvalue weighted by Crippen LogP contribution is 2.54. The van der Waals surface area contributed by atoms with Crippen LogP contribution in [-0.4, -0.2) is 32.2 Å². The van der Waals surface area contributed by atoms with Crippen molar-refractivity contribution in [3.8, 4) is 11.5 Å². The maximum Gasteiger partial charge on any atom is 0.239 e. The van der Waals surface area contributed by atoms with Crippen LogP contribution in [0.1, 0.15) is 32.1 Å². The van der Waals surface area contributed by atoms with Crippen LogP contribution in [-0.2, 0) is 14.6 Å². The number of hydrogen-bond acceptors (Lipinski definition) is 5. The lowest BCUT2D eigenvalue weighted by Crippen LogP contribution is -2.50. The summed E-state index contributed by atoms with van der Waals surface area (Å²) >= 11 is 5.88. The molecule has 1 saturated carbocycles. The summed E-state index contributed by atoms with van der Waals surface area (Å²) < 4.78 is 31.3. The molecule has 2 fully saturated rings. The Morgan fingerprint density at radius 2 is 1.50 bits per heavy atom. The second-order valence-corrected chi connectivity index (χ2v) is 11.0. The number of halogens is 1. The minimum Gasteiger partial charge on any atom is -0.457 e. The van der Waals surface area contributed by atoms with Gasteiger partial charge in [0.25, 0.3) is 0 Å². The molecule has 2 aliphatic rings. The fraction of sp³-hybridized carbons (Fsp3) is 0.409. The van der Waals surface area contributed by atoms with Gasteiger partial charge in [0.2, 0.25) is 5.91 Å². The quantitative estimate of drug-likeness (QED) is 0.726. The van der Waals surface area contributed by atoms with Crippen molar-refractivity contribution in [2.45, 2.75) is 41.7 Å². The zero-order chi connectivity index (χ0) is 21.4. The van der Waals surface area contributed by atoms with E-state index in [1.807, 2.05) is 0 Å². The molecule has 1 heterocycles. The van der Waals surface area contributed by atoms with E-state index in [0.717, 1.165) is 25.9 Å². The van der Waals surface area contributed by atoms with Crippen molar-refractivity contribution in [3.63, 3.8) is 0 Å². The van der Waals surface area contributed by atoms with Crippen LogP contribution >= 0.6 is 11.6 Å². The second kappa shape index (κ2) is 7.87. The Labute approximate surface area is 181 Å². The number of amides is 1. The monoisotopic (exact) mass is 448 g/mol. The molecule has 6 nitrogen and oxygen atoms in total. The molecule has 4 rings (SSSR count). The van der Waals surface area contributed by atoms with Gasteiger partial charge in [0.05, 0.1) is 4.90 Å². The molecule has 1 spiro atoms. The van der Waals surface area contributed by atoms with Gasteiger partial charge in [-0.25, -0.2) is 8.42 Å². The van der Waals surface area contributed by atoms with Gasteiger partial charge in [0, 0.05) is 5.02 Å². The van der Waals surface area contributed by atoms with Crippen LogP contribution in [0.4, 0.5) is 0 Å². The number of piperidine rings is 1. The molecule has 1 saturated heterocycles. The Hall–Kier alpha value is -2.09. The molecular formula is C22H25ClN2O4S. The van der Waals surface area contributed by atoms with E-state index >= 15 is 0 Å². The number of rotatable bonds is 5. The van der Waals surface area contributed by atoms with E-state index in [0.29, 0.717) is 29.4 Å². The number of benzene rings is 2.